The molecule has 0 radical (unpaired) electrons. The Morgan fingerprint density at radius 1 is 1.07 bits per heavy atom. The first-order valence-corrected chi connectivity index (χ1v) is 4.82. The molecule has 4 nitrogen and oxygen atoms in total. The van der Waals surface area contributed by atoms with Gasteiger partial charge in [0.2, 0.25) is 0 Å². The third-order valence-electron chi connectivity index (χ3n) is 1.11. The molecule has 0 N–H and O–H groups in total. The van der Waals surface area contributed by atoms with Gasteiger partial charge in [0.1, 0.15) is 5.60 Å². The molecular weight excluding hydrogens is 196 g/mol. The summed E-state index contributed by atoms with van der Waals surface area (Å²) in [6, 6.07) is 0. The summed E-state index contributed by atoms with van der Waals surface area (Å²) in [7, 11) is 0. The zero-order valence-corrected chi connectivity index (χ0v) is 9.87. The Hall–Kier alpha value is -1.32. The van der Waals surface area contributed by atoms with E-state index in [1.54, 1.807) is 34.6 Å². The standard InChI is InChI=1S/C11H18O4/c1-8(2)14-9(12)6-7-10(13)15-11(3,4)5/h6-8H,1-5H3. The van der Waals surface area contributed by atoms with E-state index in [4.69, 9.17) is 9.47 Å². The van der Waals surface area contributed by atoms with E-state index >= 15 is 0 Å². The van der Waals surface area contributed by atoms with Crippen LogP contribution >= 0.6 is 0 Å². The molecule has 0 saturated carbocycles. The largest absolute Gasteiger partial charge is 0.460 e. The minimum atomic E-state index is -0.553. The van der Waals surface area contributed by atoms with Crippen LogP contribution in [0.5, 0.6) is 0 Å². The highest BCUT2D eigenvalue weighted by atomic mass is 16.6. The van der Waals surface area contributed by atoms with Crippen molar-refractivity contribution in [2.75, 3.05) is 0 Å². The molecule has 86 valence electrons. The maximum atomic E-state index is 11.1. The number of hydrogen-bond acceptors (Lipinski definition) is 4. The van der Waals surface area contributed by atoms with Gasteiger partial charge in [0, 0.05) is 12.2 Å². The van der Waals surface area contributed by atoms with Crippen molar-refractivity contribution >= 4 is 11.9 Å². The normalized spacial score (nSPS) is 11.9. The molecule has 0 unspecified atom stereocenters. The van der Waals surface area contributed by atoms with Crippen LogP contribution in [0.25, 0.3) is 0 Å². The van der Waals surface area contributed by atoms with Gasteiger partial charge in [-0.05, 0) is 34.6 Å². The van der Waals surface area contributed by atoms with Gasteiger partial charge in [-0.1, -0.05) is 0 Å². The van der Waals surface area contributed by atoms with Crippen molar-refractivity contribution in [1.29, 1.82) is 0 Å². The number of carbonyl (C=O) groups is 2. The lowest BCUT2D eigenvalue weighted by Crippen LogP contribution is -2.22. The van der Waals surface area contributed by atoms with Crippen molar-refractivity contribution in [3.63, 3.8) is 0 Å². The molecule has 0 aliphatic heterocycles. The zero-order valence-electron chi connectivity index (χ0n) is 9.87. The molecule has 0 aromatic heterocycles. The first-order chi connectivity index (χ1) is 6.70. The molecule has 0 saturated heterocycles. The second kappa shape index (κ2) is 5.53. The summed E-state index contributed by atoms with van der Waals surface area (Å²) < 4.78 is 9.76. The number of ether oxygens (including phenoxy) is 2. The lowest BCUT2D eigenvalue weighted by molar-refractivity contribution is -0.149. The van der Waals surface area contributed by atoms with Crippen LogP contribution in [0.3, 0.4) is 0 Å². The van der Waals surface area contributed by atoms with Crippen molar-refractivity contribution in [2.45, 2.75) is 46.3 Å². The first kappa shape index (κ1) is 13.7. The Bertz CT molecular complexity index is 258. The van der Waals surface area contributed by atoms with E-state index in [1.807, 2.05) is 0 Å². The zero-order chi connectivity index (χ0) is 12.1. The van der Waals surface area contributed by atoms with Gasteiger partial charge in [-0.15, -0.1) is 0 Å². The van der Waals surface area contributed by atoms with E-state index in [0.29, 0.717) is 0 Å². The molecule has 15 heavy (non-hydrogen) atoms. The van der Waals surface area contributed by atoms with Crippen LogP contribution in [0.4, 0.5) is 0 Å². The minimum absolute atomic E-state index is 0.194. The van der Waals surface area contributed by atoms with Gasteiger partial charge in [0.25, 0.3) is 0 Å². The molecule has 0 spiro atoms. The molecule has 4 heteroatoms. The second-order valence-electron chi connectivity index (χ2n) is 4.35. The molecule has 0 aliphatic carbocycles. The molecule has 0 bridgehead atoms. The van der Waals surface area contributed by atoms with Crippen LogP contribution in [-0.2, 0) is 19.1 Å². The highest BCUT2D eigenvalue weighted by molar-refractivity contribution is 5.91. The second-order valence-corrected chi connectivity index (χ2v) is 4.35. The lowest BCUT2D eigenvalue weighted by Gasteiger charge is -2.17. The number of carbonyl (C=O) groups excluding carboxylic acids is 2. The van der Waals surface area contributed by atoms with Gasteiger partial charge in [0.05, 0.1) is 6.10 Å². The van der Waals surface area contributed by atoms with E-state index in [9.17, 15) is 9.59 Å². The first-order valence-electron chi connectivity index (χ1n) is 4.82. The van der Waals surface area contributed by atoms with Crippen molar-refractivity contribution in [2.24, 2.45) is 0 Å². The van der Waals surface area contributed by atoms with Crippen LogP contribution in [0.15, 0.2) is 12.2 Å². The molecule has 0 aromatic rings. The fraction of sp³-hybridized carbons (Fsp3) is 0.636. The van der Waals surface area contributed by atoms with Crippen LogP contribution in [0, 0.1) is 0 Å². The molecule has 0 amide bonds. The van der Waals surface area contributed by atoms with E-state index in [0.717, 1.165) is 12.2 Å². The fourth-order valence-electron chi connectivity index (χ4n) is 0.743. The smallest absolute Gasteiger partial charge is 0.331 e. The third-order valence-corrected chi connectivity index (χ3v) is 1.11. The number of esters is 2. The van der Waals surface area contributed by atoms with Gasteiger partial charge >= 0.3 is 11.9 Å². The summed E-state index contributed by atoms with van der Waals surface area (Å²) in [4.78, 5) is 22.1. The van der Waals surface area contributed by atoms with Crippen molar-refractivity contribution in [3.8, 4) is 0 Å². The summed E-state index contributed by atoms with van der Waals surface area (Å²) >= 11 is 0. The monoisotopic (exact) mass is 214 g/mol. The maximum Gasteiger partial charge on any atom is 0.331 e. The maximum absolute atomic E-state index is 11.1. The summed E-state index contributed by atoms with van der Waals surface area (Å²) in [6.45, 7) is 8.74. The van der Waals surface area contributed by atoms with Crippen LogP contribution in [-0.4, -0.2) is 23.6 Å². The number of rotatable bonds is 3. The van der Waals surface area contributed by atoms with E-state index in [-0.39, 0.29) is 6.10 Å². The van der Waals surface area contributed by atoms with E-state index in [2.05, 4.69) is 0 Å². The van der Waals surface area contributed by atoms with Crippen LogP contribution in [0.1, 0.15) is 34.6 Å². The van der Waals surface area contributed by atoms with Crippen molar-refractivity contribution in [3.05, 3.63) is 12.2 Å². The summed E-state index contributed by atoms with van der Waals surface area (Å²) in [6.07, 6.45) is 1.94. The van der Waals surface area contributed by atoms with Gasteiger partial charge in [0.15, 0.2) is 0 Å². The third kappa shape index (κ3) is 9.00. The Morgan fingerprint density at radius 3 is 1.93 bits per heavy atom. The molecule has 0 rings (SSSR count). The van der Waals surface area contributed by atoms with Crippen LogP contribution < -0.4 is 0 Å². The van der Waals surface area contributed by atoms with Gasteiger partial charge in [-0.2, -0.15) is 0 Å². The highest BCUT2D eigenvalue weighted by Gasteiger charge is 2.14. The molecular formula is C11H18O4. The molecule has 0 fully saturated rings. The lowest BCUT2D eigenvalue weighted by atomic mass is 10.2. The van der Waals surface area contributed by atoms with Gasteiger partial charge in [-0.25, -0.2) is 9.59 Å². The van der Waals surface area contributed by atoms with E-state index < -0.39 is 17.5 Å². The Morgan fingerprint density at radius 2 is 1.53 bits per heavy atom. The Labute approximate surface area is 90.2 Å². The fourth-order valence-corrected chi connectivity index (χ4v) is 0.743. The molecule has 0 heterocycles. The summed E-state index contributed by atoms with van der Waals surface area (Å²) in [5.41, 5.74) is -0.552. The summed E-state index contributed by atoms with van der Waals surface area (Å²) in [5.74, 6) is -1.10. The highest BCUT2D eigenvalue weighted by Crippen LogP contribution is 2.07. The van der Waals surface area contributed by atoms with Crippen molar-refractivity contribution in [1.82, 2.24) is 0 Å². The number of hydrogen-bond donors (Lipinski definition) is 0. The van der Waals surface area contributed by atoms with Crippen molar-refractivity contribution < 1.29 is 19.1 Å². The Balaban J connectivity index is 4.07. The van der Waals surface area contributed by atoms with Gasteiger partial charge < -0.3 is 9.47 Å². The van der Waals surface area contributed by atoms with Crippen LogP contribution in [0.2, 0.25) is 0 Å². The average Bonchev–Trinajstić information content (AvgIpc) is 1.96. The average molecular weight is 214 g/mol. The molecule has 0 aliphatic rings. The van der Waals surface area contributed by atoms with Gasteiger partial charge in [-0.3, -0.25) is 0 Å². The summed E-state index contributed by atoms with van der Waals surface area (Å²) in [5, 5.41) is 0. The minimum Gasteiger partial charge on any atom is -0.460 e. The van der Waals surface area contributed by atoms with E-state index in [1.165, 1.54) is 0 Å². The molecule has 0 atom stereocenters. The molecule has 0 aromatic carbocycles. The predicted molar refractivity (Wildman–Crippen MR) is 56.2 cm³/mol. The predicted octanol–water partition coefficient (Wildman–Crippen LogP) is 1.84. The Kier molecular flexibility index (Phi) is 5.05. The quantitative estimate of drug-likeness (QED) is 0.531. The topological polar surface area (TPSA) is 52.6 Å². The SMILES string of the molecule is CC(C)OC(=O)C=CC(=O)OC(C)(C)C.